The van der Waals surface area contributed by atoms with E-state index in [2.05, 4.69) is 10.6 Å². The van der Waals surface area contributed by atoms with Crippen LogP contribution < -0.4 is 15.4 Å². The van der Waals surface area contributed by atoms with Crippen molar-refractivity contribution in [3.8, 4) is 5.75 Å². The van der Waals surface area contributed by atoms with Gasteiger partial charge in [-0.1, -0.05) is 23.7 Å². The summed E-state index contributed by atoms with van der Waals surface area (Å²) in [6, 6.07) is 16.9. The van der Waals surface area contributed by atoms with Gasteiger partial charge in [-0.15, -0.1) is 0 Å². The van der Waals surface area contributed by atoms with Crippen LogP contribution in [0.5, 0.6) is 5.75 Å². The molecule has 0 aromatic heterocycles. The van der Waals surface area contributed by atoms with Gasteiger partial charge < -0.3 is 15.4 Å². The third-order valence-corrected chi connectivity index (χ3v) is 4.34. The van der Waals surface area contributed by atoms with Crippen LogP contribution in [0.2, 0.25) is 5.02 Å². The Labute approximate surface area is 176 Å². The average molecular weight is 426 g/mol. The van der Waals surface area contributed by atoms with Gasteiger partial charge in [-0.25, -0.2) is 0 Å². The topological polar surface area (TPSA) is 111 Å². The van der Waals surface area contributed by atoms with Gasteiger partial charge in [0.15, 0.2) is 5.75 Å². The number of nitro groups is 1. The summed E-state index contributed by atoms with van der Waals surface area (Å²) in [4.78, 5) is 35.4. The van der Waals surface area contributed by atoms with Gasteiger partial charge in [0.05, 0.1) is 12.0 Å². The Balaban J connectivity index is 1.75. The number of carbonyl (C=O) groups excluding carboxylic acids is 2. The van der Waals surface area contributed by atoms with Gasteiger partial charge in [0, 0.05) is 33.6 Å². The fraction of sp³-hybridized carbons (Fsp3) is 0.0476. The van der Waals surface area contributed by atoms with Crippen LogP contribution >= 0.6 is 11.6 Å². The number of hydrogen-bond donors (Lipinski definition) is 2. The summed E-state index contributed by atoms with van der Waals surface area (Å²) in [6.07, 6.45) is 0. The van der Waals surface area contributed by atoms with Crippen molar-refractivity contribution in [3.63, 3.8) is 0 Å². The number of methoxy groups -OCH3 is 1. The highest BCUT2D eigenvalue weighted by atomic mass is 35.5. The van der Waals surface area contributed by atoms with Crippen molar-refractivity contribution in [3.05, 3.63) is 93.0 Å². The van der Waals surface area contributed by atoms with Crippen LogP contribution in [0.15, 0.2) is 66.7 Å². The van der Waals surface area contributed by atoms with E-state index in [4.69, 9.17) is 16.3 Å². The quantitative estimate of drug-likeness (QED) is 0.437. The molecule has 0 fully saturated rings. The van der Waals surface area contributed by atoms with E-state index >= 15 is 0 Å². The zero-order valence-corrected chi connectivity index (χ0v) is 16.5. The van der Waals surface area contributed by atoms with Crippen LogP contribution in [0.4, 0.5) is 17.1 Å². The third kappa shape index (κ3) is 4.92. The fourth-order valence-electron chi connectivity index (χ4n) is 2.68. The molecule has 30 heavy (non-hydrogen) atoms. The Kier molecular flexibility index (Phi) is 6.29. The van der Waals surface area contributed by atoms with Gasteiger partial charge in [0.25, 0.3) is 11.8 Å². The SMILES string of the molecule is COc1ccc(C(=O)Nc2cccc(NC(=O)c3cccc(Cl)c3)c2)cc1[N+](=O)[O-]. The lowest BCUT2D eigenvalue weighted by Gasteiger charge is -2.10. The number of nitrogens with zero attached hydrogens (tertiary/aromatic N) is 1. The minimum Gasteiger partial charge on any atom is -0.490 e. The number of ether oxygens (including phenoxy) is 1. The number of anilines is 2. The number of halogens is 1. The van der Waals surface area contributed by atoms with E-state index in [1.54, 1.807) is 48.5 Å². The van der Waals surface area contributed by atoms with Gasteiger partial charge in [-0.2, -0.15) is 0 Å². The first-order chi connectivity index (χ1) is 14.4. The van der Waals surface area contributed by atoms with Crippen molar-refractivity contribution in [1.29, 1.82) is 0 Å². The monoisotopic (exact) mass is 425 g/mol. The average Bonchev–Trinajstić information content (AvgIpc) is 2.73. The van der Waals surface area contributed by atoms with E-state index in [1.807, 2.05) is 0 Å². The van der Waals surface area contributed by atoms with Gasteiger partial charge >= 0.3 is 5.69 Å². The summed E-state index contributed by atoms with van der Waals surface area (Å²) < 4.78 is 4.93. The molecule has 2 N–H and O–H groups in total. The lowest BCUT2D eigenvalue weighted by atomic mass is 10.1. The molecule has 8 nitrogen and oxygen atoms in total. The van der Waals surface area contributed by atoms with Crippen LogP contribution in [-0.4, -0.2) is 23.8 Å². The zero-order valence-electron chi connectivity index (χ0n) is 15.7. The first-order valence-electron chi connectivity index (χ1n) is 8.68. The van der Waals surface area contributed by atoms with Crippen LogP contribution in [-0.2, 0) is 0 Å². The molecule has 0 aliphatic rings. The van der Waals surface area contributed by atoms with Gasteiger partial charge in [-0.3, -0.25) is 19.7 Å². The minimum atomic E-state index is -0.623. The maximum absolute atomic E-state index is 12.5. The second kappa shape index (κ2) is 9.06. The standard InChI is InChI=1S/C21H16ClN3O5/c1-30-19-9-8-14(11-18(19)25(28)29)21(27)24-17-7-3-6-16(12-17)23-20(26)13-4-2-5-15(22)10-13/h2-12H,1H3,(H,23,26)(H,24,27). The third-order valence-electron chi connectivity index (χ3n) is 4.10. The lowest BCUT2D eigenvalue weighted by molar-refractivity contribution is -0.385. The summed E-state index contributed by atoms with van der Waals surface area (Å²) in [5.41, 5.74) is 1.03. The predicted molar refractivity (Wildman–Crippen MR) is 113 cm³/mol. The highest BCUT2D eigenvalue weighted by Crippen LogP contribution is 2.28. The number of carbonyl (C=O) groups is 2. The molecule has 0 radical (unpaired) electrons. The molecule has 0 spiro atoms. The van der Waals surface area contributed by atoms with E-state index in [0.29, 0.717) is 22.0 Å². The van der Waals surface area contributed by atoms with E-state index < -0.39 is 10.8 Å². The molecule has 0 bridgehead atoms. The number of nitro benzene ring substituents is 1. The molecule has 0 saturated heterocycles. The molecule has 0 atom stereocenters. The summed E-state index contributed by atoms with van der Waals surface area (Å²) in [5.74, 6) is -0.840. The Hall–Kier alpha value is -3.91. The zero-order chi connectivity index (χ0) is 21.7. The first kappa shape index (κ1) is 20.8. The molecule has 0 aliphatic carbocycles. The van der Waals surface area contributed by atoms with E-state index in [0.717, 1.165) is 6.07 Å². The number of amides is 2. The molecular weight excluding hydrogens is 410 g/mol. The van der Waals surface area contributed by atoms with Gasteiger partial charge in [-0.05, 0) is 48.5 Å². The van der Waals surface area contributed by atoms with Gasteiger partial charge in [0.1, 0.15) is 0 Å². The highest BCUT2D eigenvalue weighted by Gasteiger charge is 2.18. The molecule has 3 aromatic carbocycles. The van der Waals surface area contributed by atoms with E-state index in [-0.39, 0.29) is 22.9 Å². The van der Waals surface area contributed by atoms with E-state index in [1.165, 1.54) is 19.2 Å². The second-order valence-corrected chi connectivity index (χ2v) is 6.58. The molecule has 0 aliphatic heterocycles. The van der Waals surface area contributed by atoms with Crippen molar-refractivity contribution in [2.24, 2.45) is 0 Å². The van der Waals surface area contributed by atoms with Crippen molar-refractivity contribution >= 4 is 40.5 Å². The number of hydrogen-bond acceptors (Lipinski definition) is 5. The molecule has 0 heterocycles. The lowest BCUT2D eigenvalue weighted by Crippen LogP contribution is -2.14. The molecule has 3 aromatic rings. The molecule has 2 amide bonds. The Bertz CT molecular complexity index is 1130. The van der Waals surface area contributed by atoms with Crippen LogP contribution in [0, 0.1) is 10.1 Å². The summed E-state index contributed by atoms with van der Waals surface area (Å²) in [7, 11) is 1.31. The van der Waals surface area contributed by atoms with Crippen molar-refractivity contribution < 1.29 is 19.2 Å². The molecule has 152 valence electrons. The van der Waals surface area contributed by atoms with Crippen molar-refractivity contribution in [2.75, 3.05) is 17.7 Å². The van der Waals surface area contributed by atoms with Crippen LogP contribution in [0.25, 0.3) is 0 Å². The maximum atomic E-state index is 12.5. The maximum Gasteiger partial charge on any atom is 0.311 e. The van der Waals surface area contributed by atoms with Crippen molar-refractivity contribution in [1.82, 2.24) is 0 Å². The highest BCUT2D eigenvalue weighted by molar-refractivity contribution is 6.31. The minimum absolute atomic E-state index is 0.0577. The molecule has 0 saturated carbocycles. The largest absolute Gasteiger partial charge is 0.490 e. The Morgan fingerprint density at radius 1 is 0.900 bits per heavy atom. The molecule has 0 unspecified atom stereocenters. The smallest absolute Gasteiger partial charge is 0.311 e. The molecular formula is C21H16ClN3O5. The fourth-order valence-corrected chi connectivity index (χ4v) is 2.88. The van der Waals surface area contributed by atoms with Crippen LogP contribution in [0.1, 0.15) is 20.7 Å². The summed E-state index contributed by atoms with van der Waals surface area (Å²) >= 11 is 5.90. The van der Waals surface area contributed by atoms with E-state index in [9.17, 15) is 19.7 Å². The number of nitrogens with one attached hydrogen (secondary N) is 2. The normalized spacial score (nSPS) is 10.2. The predicted octanol–water partition coefficient (Wildman–Crippen LogP) is 4.76. The Morgan fingerprint density at radius 3 is 2.07 bits per heavy atom. The second-order valence-electron chi connectivity index (χ2n) is 6.14. The first-order valence-corrected chi connectivity index (χ1v) is 9.06. The number of benzene rings is 3. The summed E-state index contributed by atoms with van der Waals surface area (Å²) in [6.45, 7) is 0. The molecule has 3 rings (SSSR count). The van der Waals surface area contributed by atoms with Gasteiger partial charge in [0.2, 0.25) is 0 Å². The van der Waals surface area contributed by atoms with Crippen molar-refractivity contribution in [2.45, 2.75) is 0 Å². The van der Waals surface area contributed by atoms with Crippen LogP contribution in [0.3, 0.4) is 0 Å². The number of rotatable bonds is 6. The Morgan fingerprint density at radius 2 is 1.50 bits per heavy atom. The summed E-state index contributed by atoms with van der Waals surface area (Å²) in [5, 5.41) is 17.0. The molecule has 9 heteroatoms.